The highest BCUT2D eigenvalue weighted by molar-refractivity contribution is 9.10. The Morgan fingerprint density at radius 1 is 1.32 bits per heavy atom. The maximum absolute atomic E-state index is 12.5. The predicted octanol–water partition coefficient (Wildman–Crippen LogP) is 2.61. The van der Waals surface area contributed by atoms with E-state index in [1.165, 1.54) is 0 Å². The summed E-state index contributed by atoms with van der Waals surface area (Å²) in [7, 11) is 0. The van der Waals surface area contributed by atoms with Crippen molar-refractivity contribution in [3.63, 3.8) is 0 Å². The molecule has 2 heterocycles. The highest BCUT2D eigenvalue weighted by Crippen LogP contribution is 2.19. The molecule has 0 bridgehead atoms. The first-order valence-electron chi connectivity index (χ1n) is 6.20. The van der Waals surface area contributed by atoms with Gasteiger partial charge in [-0.2, -0.15) is 0 Å². The zero-order valence-electron chi connectivity index (χ0n) is 10.6. The van der Waals surface area contributed by atoms with E-state index in [0.717, 1.165) is 34.5 Å². The second-order valence-electron chi connectivity index (χ2n) is 4.78. The molecular weight excluding hydrogens is 306 g/mol. The van der Waals surface area contributed by atoms with E-state index in [1.807, 2.05) is 36.2 Å². The van der Waals surface area contributed by atoms with Crippen LogP contribution in [0.15, 0.2) is 35.1 Å². The molecule has 0 saturated carbocycles. The van der Waals surface area contributed by atoms with Gasteiger partial charge in [-0.25, -0.2) is 4.98 Å². The highest BCUT2D eigenvalue weighted by atomic mass is 79.9. The normalized spacial score (nSPS) is 14.3. The number of aryl methyl sites for hydroxylation is 1. The summed E-state index contributed by atoms with van der Waals surface area (Å²) in [5.74, 6) is 1.02. The first kappa shape index (κ1) is 12.4. The lowest BCUT2D eigenvalue weighted by atomic mass is 10.1. The van der Waals surface area contributed by atoms with Crippen molar-refractivity contribution in [3.8, 4) is 0 Å². The van der Waals surface area contributed by atoms with Crippen LogP contribution >= 0.6 is 15.9 Å². The van der Waals surface area contributed by atoms with Gasteiger partial charge in [-0.15, -0.1) is 0 Å². The Hall–Kier alpha value is -1.62. The zero-order chi connectivity index (χ0) is 13.4. The molecule has 1 aliphatic rings. The van der Waals surface area contributed by atoms with Crippen LogP contribution in [0.2, 0.25) is 0 Å². The van der Waals surface area contributed by atoms with Crippen LogP contribution in [-0.2, 0) is 13.1 Å². The van der Waals surface area contributed by atoms with Gasteiger partial charge in [0, 0.05) is 35.5 Å². The summed E-state index contributed by atoms with van der Waals surface area (Å²) >= 11 is 3.44. The minimum absolute atomic E-state index is 0.0682. The summed E-state index contributed by atoms with van der Waals surface area (Å²) in [6.45, 7) is 4.11. The van der Waals surface area contributed by atoms with E-state index >= 15 is 0 Å². The third-order valence-corrected chi connectivity index (χ3v) is 3.78. The molecule has 0 N–H and O–H groups in total. The van der Waals surface area contributed by atoms with Gasteiger partial charge < -0.3 is 9.47 Å². The van der Waals surface area contributed by atoms with Crippen LogP contribution in [0.4, 0.5) is 0 Å². The van der Waals surface area contributed by atoms with Crippen LogP contribution in [0.25, 0.3) is 0 Å². The quantitative estimate of drug-likeness (QED) is 0.810. The van der Waals surface area contributed by atoms with Gasteiger partial charge in [-0.3, -0.25) is 4.79 Å². The first-order chi connectivity index (χ1) is 9.13. The number of carbonyl (C=O) groups is 1. The summed E-state index contributed by atoms with van der Waals surface area (Å²) < 4.78 is 3.03. The fraction of sp³-hybridized carbons (Fsp3) is 0.286. The van der Waals surface area contributed by atoms with E-state index in [-0.39, 0.29) is 5.91 Å². The molecule has 1 amide bonds. The lowest BCUT2D eigenvalue weighted by Crippen LogP contribution is -2.38. The molecule has 0 atom stereocenters. The molecule has 1 aromatic heterocycles. The van der Waals surface area contributed by atoms with E-state index < -0.39 is 0 Å². The summed E-state index contributed by atoms with van der Waals surface area (Å²) in [5.41, 5.74) is 1.81. The summed E-state index contributed by atoms with van der Waals surface area (Å²) in [6.07, 6.45) is 3.74. The van der Waals surface area contributed by atoms with E-state index in [4.69, 9.17) is 0 Å². The smallest absolute Gasteiger partial charge is 0.254 e. The van der Waals surface area contributed by atoms with Gasteiger partial charge >= 0.3 is 0 Å². The Morgan fingerprint density at radius 3 is 2.95 bits per heavy atom. The van der Waals surface area contributed by atoms with E-state index in [9.17, 15) is 4.79 Å². The Balaban J connectivity index is 1.85. The number of amides is 1. The topological polar surface area (TPSA) is 38.1 Å². The molecule has 0 saturated heterocycles. The molecule has 19 heavy (non-hydrogen) atoms. The molecule has 5 heteroatoms. The van der Waals surface area contributed by atoms with Gasteiger partial charge in [0.05, 0.1) is 6.54 Å². The van der Waals surface area contributed by atoms with Crippen molar-refractivity contribution in [2.24, 2.45) is 0 Å². The van der Waals surface area contributed by atoms with E-state index in [2.05, 4.69) is 25.5 Å². The van der Waals surface area contributed by atoms with Crippen molar-refractivity contribution in [1.29, 1.82) is 0 Å². The molecule has 0 fully saturated rings. The van der Waals surface area contributed by atoms with Gasteiger partial charge in [0.25, 0.3) is 5.91 Å². The number of hydrogen-bond donors (Lipinski definition) is 0. The van der Waals surface area contributed by atoms with Crippen molar-refractivity contribution < 1.29 is 4.79 Å². The summed E-state index contributed by atoms with van der Waals surface area (Å²) in [6, 6.07) is 5.80. The molecule has 0 aliphatic carbocycles. The third kappa shape index (κ3) is 2.42. The number of halogens is 1. The Bertz CT molecular complexity index is 615. The van der Waals surface area contributed by atoms with Crippen LogP contribution in [0.5, 0.6) is 0 Å². The molecule has 4 nitrogen and oxygen atoms in total. The van der Waals surface area contributed by atoms with Crippen LogP contribution < -0.4 is 0 Å². The maximum atomic E-state index is 12.5. The van der Waals surface area contributed by atoms with Crippen LogP contribution in [0.1, 0.15) is 21.7 Å². The van der Waals surface area contributed by atoms with Crippen molar-refractivity contribution in [1.82, 2.24) is 14.5 Å². The van der Waals surface area contributed by atoms with Crippen LogP contribution in [0.3, 0.4) is 0 Å². The Morgan fingerprint density at radius 2 is 2.16 bits per heavy atom. The number of aromatic nitrogens is 2. The monoisotopic (exact) mass is 319 g/mol. The SMILES string of the molecule is Cc1cc(Br)cc(C(=O)N2CCn3ccnc3C2)c1. The number of imidazole rings is 1. The second kappa shape index (κ2) is 4.81. The van der Waals surface area contributed by atoms with Gasteiger partial charge in [0.1, 0.15) is 5.82 Å². The fourth-order valence-corrected chi connectivity index (χ4v) is 3.00. The van der Waals surface area contributed by atoms with Gasteiger partial charge in [0.15, 0.2) is 0 Å². The third-order valence-electron chi connectivity index (χ3n) is 3.32. The van der Waals surface area contributed by atoms with Crippen LogP contribution in [0, 0.1) is 6.92 Å². The standard InChI is InChI=1S/C14H14BrN3O/c1-10-6-11(8-12(15)7-10)14(19)18-5-4-17-3-2-16-13(17)9-18/h2-3,6-8H,4-5,9H2,1H3. The average molecular weight is 320 g/mol. The largest absolute Gasteiger partial charge is 0.332 e. The molecule has 98 valence electrons. The lowest BCUT2D eigenvalue weighted by Gasteiger charge is -2.27. The minimum Gasteiger partial charge on any atom is -0.332 e. The predicted molar refractivity (Wildman–Crippen MR) is 75.8 cm³/mol. The molecular formula is C14H14BrN3O. The molecule has 3 rings (SSSR count). The Kier molecular flexibility index (Phi) is 3.14. The van der Waals surface area contributed by atoms with Crippen LogP contribution in [-0.4, -0.2) is 26.9 Å². The maximum Gasteiger partial charge on any atom is 0.254 e. The summed E-state index contributed by atoms with van der Waals surface area (Å²) in [5, 5.41) is 0. The number of benzene rings is 1. The highest BCUT2D eigenvalue weighted by Gasteiger charge is 2.22. The lowest BCUT2D eigenvalue weighted by molar-refractivity contribution is 0.0707. The Labute approximate surface area is 120 Å². The fourth-order valence-electron chi connectivity index (χ4n) is 2.39. The number of nitrogens with zero attached hydrogens (tertiary/aromatic N) is 3. The van der Waals surface area contributed by atoms with Crippen molar-refractivity contribution in [2.45, 2.75) is 20.0 Å². The number of carbonyl (C=O) groups excluding carboxylic acids is 1. The molecule has 1 aromatic carbocycles. The average Bonchev–Trinajstić information content (AvgIpc) is 2.83. The number of rotatable bonds is 1. The number of fused-ring (bicyclic) bond motifs is 1. The first-order valence-corrected chi connectivity index (χ1v) is 6.99. The molecule has 0 unspecified atom stereocenters. The number of hydrogen-bond acceptors (Lipinski definition) is 2. The minimum atomic E-state index is 0.0682. The molecule has 0 radical (unpaired) electrons. The zero-order valence-corrected chi connectivity index (χ0v) is 12.2. The van der Waals surface area contributed by atoms with Crippen molar-refractivity contribution in [3.05, 3.63) is 52.0 Å². The van der Waals surface area contributed by atoms with Gasteiger partial charge in [0.2, 0.25) is 0 Å². The molecule has 1 aliphatic heterocycles. The van der Waals surface area contributed by atoms with Crippen molar-refractivity contribution >= 4 is 21.8 Å². The van der Waals surface area contributed by atoms with E-state index in [0.29, 0.717) is 6.54 Å². The van der Waals surface area contributed by atoms with E-state index in [1.54, 1.807) is 6.20 Å². The second-order valence-corrected chi connectivity index (χ2v) is 5.70. The molecule has 2 aromatic rings. The summed E-state index contributed by atoms with van der Waals surface area (Å²) in [4.78, 5) is 18.6. The van der Waals surface area contributed by atoms with Gasteiger partial charge in [-0.05, 0) is 30.7 Å². The molecule has 0 spiro atoms. The van der Waals surface area contributed by atoms with Crippen molar-refractivity contribution in [2.75, 3.05) is 6.54 Å². The van der Waals surface area contributed by atoms with Gasteiger partial charge in [-0.1, -0.05) is 15.9 Å².